The van der Waals surface area contributed by atoms with Crippen LogP contribution in [-0.2, 0) is 6.42 Å². The summed E-state index contributed by atoms with van der Waals surface area (Å²) in [4.78, 5) is 0. The van der Waals surface area contributed by atoms with Gasteiger partial charge in [0.05, 0.1) is 0 Å². The van der Waals surface area contributed by atoms with E-state index >= 15 is 0 Å². The van der Waals surface area contributed by atoms with Crippen molar-refractivity contribution in [3.05, 3.63) is 65.2 Å². The highest BCUT2D eigenvalue weighted by molar-refractivity contribution is 5.27. The summed E-state index contributed by atoms with van der Waals surface area (Å²) in [6.45, 7) is 3.66. The molecule has 2 aromatic rings. The van der Waals surface area contributed by atoms with Crippen LogP contribution in [0.5, 0.6) is 5.75 Å². The molecule has 0 aliphatic carbocycles. The molecule has 2 atom stereocenters. The molecule has 0 saturated heterocycles. The number of rotatable bonds is 5. The smallest absolute Gasteiger partial charge is 0.200 e. The van der Waals surface area contributed by atoms with Crippen molar-refractivity contribution in [1.82, 2.24) is 0 Å². The number of hydrogen-bond acceptors (Lipinski definition) is 2. The molecule has 0 amide bonds. The lowest BCUT2D eigenvalue weighted by Gasteiger charge is -2.21. The van der Waals surface area contributed by atoms with Gasteiger partial charge < -0.3 is 9.84 Å². The molecule has 0 aliphatic heterocycles. The zero-order valence-corrected chi connectivity index (χ0v) is 12.0. The van der Waals surface area contributed by atoms with E-state index in [1.165, 1.54) is 12.1 Å². The van der Waals surface area contributed by atoms with E-state index < -0.39 is 23.8 Å². The molecule has 21 heavy (non-hydrogen) atoms. The molecule has 0 fully saturated rings. The predicted molar refractivity (Wildman–Crippen MR) is 77.2 cm³/mol. The minimum absolute atomic E-state index is 0.202. The van der Waals surface area contributed by atoms with Gasteiger partial charge in [-0.1, -0.05) is 37.3 Å². The molecule has 1 N–H and O–H groups in total. The van der Waals surface area contributed by atoms with Crippen LogP contribution in [-0.4, -0.2) is 11.2 Å². The van der Waals surface area contributed by atoms with Crippen molar-refractivity contribution < 1.29 is 18.6 Å². The molecule has 2 nitrogen and oxygen atoms in total. The largest absolute Gasteiger partial charge is 0.484 e. The first-order valence-corrected chi connectivity index (χ1v) is 6.90. The summed E-state index contributed by atoms with van der Waals surface area (Å²) < 4.78 is 32.0. The number of benzene rings is 2. The Labute approximate surface area is 123 Å². The lowest BCUT2D eigenvalue weighted by molar-refractivity contribution is 0.0439. The second-order valence-electron chi connectivity index (χ2n) is 4.91. The highest BCUT2D eigenvalue weighted by Crippen LogP contribution is 2.25. The summed E-state index contributed by atoms with van der Waals surface area (Å²) in [5.41, 5.74) is 1.84. The summed E-state index contributed by atoms with van der Waals surface area (Å²) in [5.74, 6) is -2.22. The molecule has 0 heterocycles. The van der Waals surface area contributed by atoms with Crippen molar-refractivity contribution in [3.8, 4) is 5.75 Å². The molecule has 0 aliphatic rings. The highest BCUT2D eigenvalue weighted by Gasteiger charge is 2.20. The van der Waals surface area contributed by atoms with E-state index in [0.717, 1.165) is 18.1 Å². The maximum absolute atomic E-state index is 13.5. The molecule has 0 aromatic heterocycles. The second-order valence-corrected chi connectivity index (χ2v) is 4.91. The summed E-state index contributed by atoms with van der Waals surface area (Å²) in [5, 5.41) is 10.2. The van der Waals surface area contributed by atoms with Gasteiger partial charge in [0, 0.05) is 0 Å². The predicted octanol–water partition coefficient (Wildman–Crippen LogP) is 4.03. The Bertz CT molecular complexity index is 596. The molecule has 4 heteroatoms. The van der Waals surface area contributed by atoms with Crippen LogP contribution < -0.4 is 4.74 Å². The third kappa shape index (κ3) is 3.58. The Kier molecular flexibility index (Phi) is 4.91. The lowest BCUT2D eigenvalue weighted by Crippen LogP contribution is -2.22. The monoisotopic (exact) mass is 292 g/mol. The van der Waals surface area contributed by atoms with Gasteiger partial charge in [-0.05, 0) is 36.6 Å². The Hall–Kier alpha value is -1.94. The standard InChI is InChI=1S/C17H18F2O2/c1-3-12-7-9-13(10-8-12)17(20)11(2)21-15-6-4-5-14(18)16(15)19/h4-11,17,20H,3H2,1-2H3. The fourth-order valence-electron chi connectivity index (χ4n) is 2.06. The van der Waals surface area contributed by atoms with Gasteiger partial charge in [0.25, 0.3) is 0 Å². The third-order valence-electron chi connectivity index (χ3n) is 3.40. The maximum Gasteiger partial charge on any atom is 0.200 e. The van der Waals surface area contributed by atoms with Crippen molar-refractivity contribution in [2.45, 2.75) is 32.5 Å². The van der Waals surface area contributed by atoms with E-state index in [9.17, 15) is 13.9 Å². The van der Waals surface area contributed by atoms with E-state index in [0.29, 0.717) is 5.56 Å². The summed E-state index contributed by atoms with van der Waals surface area (Å²) in [7, 11) is 0. The van der Waals surface area contributed by atoms with Gasteiger partial charge in [-0.15, -0.1) is 0 Å². The quantitative estimate of drug-likeness (QED) is 0.901. The van der Waals surface area contributed by atoms with Crippen LogP contribution in [0, 0.1) is 11.6 Å². The van der Waals surface area contributed by atoms with Crippen LogP contribution in [0.25, 0.3) is 0 Å². The molecular weight excluding hydrogens is 274 g/mol. The zero-order valence-electron chi connectivity index (χ0n) is 12.0. The SMILES string of the molecule is CCc1ccc(C(O)C(C)Oc2cccc(F)c2F)cc1. The van der Waals surface area contributed by atoms with Gasteiger partial charge in [-0.2, -0.15) is 4.39 Å². The van der Waals surface area contributed by atoms with Crippen molar-refractivity contribution >= 4 is 0 Å². The molecule has 2 aromatic carbocycles. The zero-order chi connectivity index (χ0) is 15.4. The molecule has 0 saturated carbocycles. The topological polar surface area (TPSA) is 29.5 Å². The first-order valence-electron chi connectivity index (χ1n) is 6.90. The average Bonchev–Trinajstić information content (AvgIpc) is 2.51. The fourth-order valence-corrected chi connectivity index (χ4v) is 2.06. The third-order valence-corrected chi connectivity index (χ3v) is 3.40. The van der Waals surface area contributed by atoms with Crippen molar-refractivity contribution in [2.24, 2.45) is 0 Å². The first kappa shape index (κ1) is 15.4. The minimum Gasteiger partial charge on any atom is -0.484 e. The number of halogens is 2. The van der Waals surface area contributed by atoms with Crippen LogP contribution in [0.4, 0.5) is 8.78 Å². The Morgan fingerprint density at radius 3 is 2.38 bits per heavy atom. The van der Waals surface area contributed by atoms with Crippen LogP contribution in [0.3, 0.4) is 0 Å². The van der Waals surface area contributed by atoms with Crippen LogP contribution in [0.15, 0.2) is 42.5 Å². The van der Waals surface area contributed by atoms with Gasteiger partial charge in [0.2, 0.25) is 5.82 Å². The fraction of sp³-hybridized carbons (Fsp3) is 0.294. The van der Waals surface area contributed by atoms with Crippen LogP contribution in [0.2, 0.25) is 0 Å². The van der Waals surface area contributed by atoms with E-state index in [2.05, 4.69) is 0 Å². The lowest BCUT2D eigenvalue weighted by atomic mass is 10.0. The molecule has 0 spiro atoms. The van der Waals surface area contributed by atoms with Crippen molar-refractivity contribution in [1.29, 1.82) is 0 Å². The molecule has 0 bridgehead atoms. The number of aliphatic hydroxyl groups excluding tert-OH is 1. The van der Waals surface area contributed by atoms with Crippen molar-refractivity contribution in [3.63, 3.8) is 0 Å². The molecule has 112 valence electrons. The van der Waals surface area contributed by atoms with Gasteiger partial charge >= 0.3 is 0 Å². The summed E-state index contributed by atoms with van der Waals surface area (Å²) >= 11 is 0. The summed E-state index contributed by atoms with van der Waals surface area (Å²) in [6.07, 6.45) is -0.705. The first-order chi connectivity index (χ1) is 10.0. The van der Waals surface area contributed by atoms with E-state index in [1.54, 1.807) is 6.92 Å². The van der Waals surface area contributed by atoms with Gasteiger partial charge in [0.15, 0.2) is 11.6 Å². The van der Waals surface area contributed by atoms with Gasteiger partial charge in [0.1, 0.15) is 12.2 Å². The van der Waals surface area contributed by atoms with Crippen molar-refractivity contribution in [2.75, 3.05) is 0 Å². The second kappa shape index (κ2) is 6.68. The van der Waals surface area contributed by atoms with Gasteiger partial charge in [-0.3, -0.25) is 0 Å². The Balaban J connectivity index is 2.11. The number of aliphatic hydroxyl groups is 1. The van der Waals surface area contributed by atoms with Crippen LogP contribution >= 0.6 is 0 Å². The van der Waals surface area contributed by atoms with E-state index in [4.69, 9.17) is 4.74 Å². The number of aryl methyl sites for hydroxylation is 1. The normalized spacial score (nSPS) is 13.8. The van der Waals surface area contributed by atoms with Crippen LogP contribution in [0.1, 0.15) is 31.1 Å². The number of ether oxygens (including phenoxy) is 1. The molecular formula is C17H18F2O2. The molecule has 0 radical (unpaired) electrons. The minimum atomic E-state index is -1.04. The molecule has 2 rings (SSSR count). The Morgan fingerprint density at radius 2 is 1.76 bits per heavy atom. The number of hydrogen-bond donors (Lipinski definition) is 1. The summed E-state index contributed by atoms with van der Waals surface area (Å²) in [6, 6.07) is 11.2. The van der Waals surface area contributed by atoms with E-state index in [-0.39, 0.29) is 5.75 Å². The Morgan fingerprint density at radius 1 is 1.10 bits per heavy atom. The van der Waals surface area contributed by atoms with Gasteiger partial charge in [-0.25, -0.2) is 4.39 Å². The molecule has 2 unspecified atom stereocenters. The highest BCUT2D eigenvalue weighted by atomic mass is 19.2. The average molecular weight is 292 g/mol. The van der Waals surface area contributed by atoms with E-state index in [1.807, 2.05) is 31.2 Å². The maximum atomic E-state index is 13.5.